The van der Waals surface area contributed by atoms with Crippen LogP contribution in [0.3, 0.4) is 0 Å². The summed E-state index contributed by atoms with van der Waals surface area (Å²) in [4.78, 5) is 16.3. The molecular formula is C14H27ClN4O2. The molecule has 1 unspecified atom stereocenters. The number of amides is 1. The van der Waals surface area contributed by atoms with E-state index in [-0.39, 0.29) is 29.8 Å². The lowest BCUT2D eigenvalue weighted by molar-refractivity contribution is -0.123. The molecule has 7 heteroatoms. The summed E-state index contributed by atoms with van der Waals surface area (Å²) >= 11 is 0. The van der Waals surface area contributed by atoms with Gasteiger partial charge in [0.2, 0.25) is 11.8 Å². The molecule has 21 heavy (non-hydrogen) atoms. The molecule has 0 bridgehead atoms. The van der Waals surface area contributed by atoms with E-state index in [1.54, 1.807) is 6.92 Å². The van der Waals surface area contributed by atoms with Gasteiger partial charge in [0.15, 0.2) is 5.82 Å². The molecule has 0 aliphatic heterocycles. The summed E-state index contributed by atoms with van der Waals surface area (Å²) in [7, 11) is 0. The molecule has 0 spiro atoms. The molecule has 1 aromatic heterocycles. The fourth-order valence-corrected chi connectivity index (χ4v) is 1.71. The Labute approximate surface area is 132 Å². The first kappa shape index (κ1) is 19.9. The predicted molar refractivity (Wildman–Crippen MR) is 84.2 cm³/mol. The monoisotopic (exact) mass is 318 g/mol. The molecule has 1 heterocycles. The zero-order chi connectivity index (χ0) is 15.5. The second-order valence-corrected chi connectivity index (χ2v) is 6.67. The van der Waals surface area contributed by atoms with Crippen molar-refractivity contribution in [2.24, 2.45) is 11.7 Å². The zero-order valence-electron chi connectivity index (χ0n) is 13.6. The summed E-state index contributed by atoms with van der Waals surface area (Å²) in [5.41, 5.74) is 5.66. The first-order chi connectivity index (χ1) is 9.11. The Balaban J connectivity index is 0.00000400. The molecular weight excluding hydrogens is 292 g/mol. The van der Waals surface area contributed by atoms with Gasteiger partial charge in [0.1, 0.15) is 6.04 Å². The molecule has 0 aliphatic carbocycles. The Bertz CT molecular complexity index is 454. The van der Waals surface area contributed by atoms with Crippen molar-refractivity contribution in [3.63, 3.8) is 0 Å². The van der Waals surface area contributed by atoms with Crippen molar-refractivity contribution in [3.05, 3.63) is 11.7 Å². The van der Waals surface area contributed by atoms with E-state index >= 15 is 0 Å². The van der Waals surface area contributed by atoms with Gasteiger partial charge in [-0.3, -0.25) is 4.79 Å². The number of aromatic nitrogens is 2. The number of rotatable bonds is 5. The van der Waals surface area contributed by atoms with Gasteiger partial charge in [-0.25, -0.2) is 0 Å². The zero-order valence-corrected chi connectivity index (χ0v) is 14.5. The van der Waals surface area contributed by atoms with Gasteiger partial charge in [0.25, 0.3) is 0 Å². The number of hydrogen-bond acceptors (Lipinski definition) is 5. The van der Waals surface area contributed by atoms with E-state index in [0.717, 1.165) is 0 Å². The minimum atomic E-state index is -0.512. The van der Waals surface area contributed by atoms with Crippen LogP contribution in [0.1, 0.15) is 65.7 Å². The summed E-state index contributed by atoms with van der Waals surface area (Å²) in [6.45, 7) is 11.9. The molecule has 1 amide bonds. The minimum absolute atomic E-state index is 0. The van der Waals surface area contributed by atoms with Gasteiger partial charge >= 0.3 is 0 Å². The van der Waals surface area contributed by atoms with Gasteiger partial charge in [-0.2, -0.15) is 4.98 Å². The normalized spacial score (nSPS) is 14.5. The van der Waals surface area contributed by atoms with Gasteiger partial charge in [0.05, 0.1) is 6.04 Å². The number of hydrogen-bond donors (Lipinski definition) is 2. The smallest absolute Gasteiger partial charge is 0.248 e. The lowest BCUT2D eigenvalue weighted by Crippen LogP contribution is -2.42. The molecule has 122 valence electrons. The van der Waals surface area contributed by atoms with Crippen molar-refractivity contribution >= 4 is 18.3 Å². The third kappa shape index (κ3) is 6.01. The maximum Gasteiger partial charge on any atom is 0.248 e. The number of carbonyl (C=O) groups excluding carboxylic acids is 1. The molecule has 3 N–H and O–H groups in total. The Kier molecular flexibility index (Phi) is 7.33. The van der Waals surface area contributed by atoms with E-state index < -0.39 is 6.04 Å². The number of nitrogens with zero attached hydrogens (tertiary/aromatic N) is 2. The highest BCUT2D eigenvalue weighted by Crippen LogP contribution is 2.20. The standard InChI is InChI=1S/C14H26N4O2.ClH/c1-8(2)7-10(15)11(19)16-9(3)12-17-13(18-20-12)14(4,5)6;/h8-10H,7,15H2,1-6H3,(H,16,19);1H/t9?,10-;/m0./s1. The van der Waals surface area contributed by atoms with Crippen molar-refractivity contribution in [2.45, 2.75) is 65.5 Å². The van der Waals surface area contributed by atoms with Crippen LogP contribution in [0, 0.1) is 5.92 Å². The second kappa shape index (κ2) is 7.75. The maximum atomic E-state index is 11.9. The molecule has 1 aromatic rings. The van der Waals surface area contributed by atoms with Crippen molar-refractivity contribution in [1.82, 2.24) is 15.5 Å². The van der Waals surface area contributed by atoms with Gasteiger partial charge < -0.3 is 15.6 Å². The first-order valence-electron chi connectivity index (χ1n) is 7.01. The molecule has 0 saturated carbocycles. The molecule has 1 rings (SSSR count). The topological polar surface area (TPSA) is 94.0 Å². The number of carbonyl (C=O) groups is 1. The molecule has 0 saturated heterocycles. The number of nitrogens with one attached hydrogen (secondary N) is 1. The fourth-order valence-electron chi connectivity index (χ4n) is 1.71. The Morgan fingerprint density at radius 3 is 2.33 bits per heavy atom. The average Bonchev–Trinajstić information content (AvgIpc) is 2.76. The SMILES string of the molecule is CC(C)C[C@H](N)C(=O)NC(C)c1nc(C(C)(C)C)no1.Cl. The van der Waals surface area contributed by atoms with E-state index in [9.17, 15) is 4.79 Å². The van der Waals surface area contributed by atoms with Crippen LogP contribution in [0.2, 0.25) is 0 Å². The van der Waals surface area contributed by atoms with Gasteiger partial charge in [-0.15, -0.1) is 12.4 Å². The fraction of sp³-hybridized carbons (Fsp3) is 0.786. The molecule has 0 radical (unpaired) electrons. The second-order valence-electron chi connectivity index (χ2n) is 6.67. The summed E-state index contributed by atoms with van der Waals surface area (Å²) in [6.07, 6.45) is 0.648. The highest BCUT2D eigenvalue weighted by molar-refractivity contribution is 5.85. The van der Waals surface area contributed by atoms with Crippen LogP contribution in [-0.2, 0) is 10.2 Å². The van der Waals surface area contributed by atoms with Crippen LogP contribution in [0.25, 0.3) is 0 Å². The summed E-state index contributed by atoms with van der Waals surface area (Å²) in [6, 6.07) is -0.855. The van der Waals surface area contributed by atoms with Crippen molar-refractivity contribution < 1.29 is 9.32 Å². The van der Waals surface area contributed by atoms with Gasteiger partial charge in [-0.1, -0.05) is 39.8 Å². The largest absolute Gasteiger partial charge is 0.343 e. The van der Waals surface area contributed by atoms with Crippen LogP contribution < -0.4 is 11.1 Å². The van der Waals surface area contributed by atoms with Crippen LogP contribution in [0.5, 0.6) is 0 Å². The third-order valence-electron chi connectivity index (χ3n) is 2.90. The highest BCUT2D eigenvalue weighted by atomic mass is 35.5. The lowest BCUT2D eigenvalue weighted by Gasteiger charge is -2.16. The third-order valence-corrected chi connectivity index (χ3v) is 2.90. The van der Waals surface area contributed by atoms with Crippen molar-refractivity contribution in [2.75, 3.05) is 0 Å². The van der Waals surface area contributed by atoms with Crippen LogP contribution >= 0.6 is 12.4 Å². The lowest BCUT2D eigenvalue weighted by atomic mass is 9.96. The highest BCUT2D eigenvalue weighted by Gasteiger charge is 2.25. The Morgan fingerprint density at radius 2 is 1.90 bits per heavy atom. The van der Waals surface area contributed by atoms with E-state index in [2.05, 4.69) is 15.5 Å². The van der Waals surface area contributed by atoms with Crippen molar-refractivity contribution in [1.29, 1.82) is 0 Å². The van der Waals surface area contributed by atoms with E-state index in [0.29, 0.717) is 24.1 Å². The number of halogens is 1. The summed E-state index contributed by atoms with van der Waals surface area (Å²) in [5.74, 6) is 1.21. The van der Waals surface area contributed by atoms with Crippen LogP contribution in [0.15, 0.2) is 4.52 Å². The van der Waals surface area contributed by atoms with Crippen molar-refractivity contribution in [3.8, 4) is 0 Å². The molecule has 0 fully saturated rings. The Hall–Kier alpha value is -1.14. The van der Waals surface area contributed by atoms with Crippen LogP contribution in [0.4, 0.5) is 0 Å². The molecule has 2 atom stereocenters. The molecule has 0 aromatic carbocycles. The quantitative estimate of drug-likeness (QED) is 0.869. The van der Waals surface area contributed by atoms with E-state index in [4.69, 9.17) is 10.3 Å². The molecule has 0 aliphatic rings. The Morgan fingerprint density at radius 1 is 1.33 bits per heavy atom. The van der Waals surface area contributed by atoms with Gasteiger partial charge in [0, 0.05) is 5.41 Å². The van der Waals surface area contributed by atoms with Gasteiger partial charge in [-0.05, 0) is 19.3 Å². The van der Waals surface area contributed by atoms with E-state index in [1.807, 2.05) is 34.6 Å². The minimum Gasteiger partial charge on any atom is -0.343 e. The van der Waals surface area contributed by atoms with Crippen LogP contribution in [-0.4, -0.2) is 22.1 Å². The van der Waals surface area contributed by atoms with E-state index in [1.165, 1.54) is 0 Å². The maximum absolute atomic E-state index is 11.9. The molecule has 6 nitrogen and oxygen atoms in total. The number of nitrogens with two attached hydrogens (primary N) is 1. The first-order valence-corrected chi connectivity index (χ1v) is 7.01. The summed E-state index contributed by atoms with van der Waals surface area (Å²) in [5, 5.41) is 6.75. The summed E-state index contributed by atoms with van der Waals surface area (Å²) < 4.78 is 5.20. The average molecular weight is 319 g/mol. The predicted octanol–water partition coefficient (Wildman–Crippen LogP) is 2.34.